The van der Waals surface area contributed by atoms with Gasteiger partial charge in [0.2, 0.25) is 5.91 Å². The van der Waals surface area contributed by atoms with Crippen molar-refractivity contribution >= 4 is 33.5 Å². The summed E-state index contributed by atoms with van der Waals surface area (Å²) < 4.78 is 0.795. The van der Waals surface area contributed by atoms with Gasteiger partial charge < -0.3 is 15.5 Å². The van der Waals surface area contributed by atoms with Crippen LogP contribution in [-0.2, 0) is 4.79 Å². The van der Waals surface area contributed by atoms with Crippen LogP contribution in [-0.4, -0.2) is 42.6 Å². The second kappa shape index (κ2) is 5.51. The molecular weight excluding hydrogens is 298 g/mol. The van der Waals surface area contributed by atoms with Gasteiger partial charge in [-0.2, -0.15) is 0 Å². The maximum Gasteiger partial charge on any atom is 0.242 e. The quantitative estimate of drug-likeness (QED) is 0.871. The van der Waals surface area contributed by atoms with Crippen LogP contribution in [0.1, 0.15) is 12.8 Å². The van der Waals surface area contributed by atoms with Gasteiger partial charge in [-0.05, 0) is 28.8 Å². The summed E-state index contributed by atoms with van der Waals surface area (Å²) in [7, 11) is 3.46. The Bertz CT molecular complexity index is 453. The van der Waals surface area contributed by atoms with E-state index in [1.807, 2.05) is 4.90 Å². The first kappa shape index (κ1) is 13.1. The Morgan fingerprint density at radius 3 is 2.94 bits per heavy atom. The van der Waals surface area contributed by atoms with Gasteiger partial charge in [0.15, 0.2) is 0 Å². The lowest BCUT2D eigenvalue weighted by molar-refractivity contribution is -0.121. The summed E-state index contributed by atoms with van der Waals surface area (Å²) in [6.07, 6.45) is 3.35. The van der Waals surface area contributed by atoms with Crippen LogP contribution in [0.3, 0.4) is 0 Å². The van der Waals surface area contributed by atoms with Crippen LogP contribution < -0.4 is 15.5 Å². The molecule has 1 aliphatic heterocycles. The summed E-state index contributed by atoms with van der Waals surface area (Å²) in [6.45, 7) is 0.830. The highest BCUT2D eigenvalue weighted by molar-refractivity contribution is 9.10. The van der Waals surface area contributed by atoms with E-state index in [0.29, 0.717) is 0 Å². The van der Waals surface area contributed by atoms with Gasteiger partial charge in [0, 0.05) is 20.6 Å². The number of aromatic nitrogens is 2. The SMILES string of the molecule is CNC(=O)C1CCCN1c1ncnc(NC)c1Br. The molecule has 1 aliphatic rings. The highest BCUT2D eigenvalue weighted by Crippen LogP contribution is 2.33. The van der Waals surface area contributed by atoms with Crippen LogP contribution in [0.2, 0.25) is 0 Å². The van der Waals surface area contributed by atoms with Gasteiger partial charge in [0.25, 0.3) is 0 Å². The molecule has 2 rings (SSSR count). The highest BCUT2D eigenvalue weighted by atomic mass is 79.9. The van der Waals surface area contributed by atoms with Crippen LogP contribution in [0.4, 0.5) is 11.6 Å². The monoisotopic (exact) mass is 313 g/mol. The fraction of sp³-hybridized carbons (Fsp3) is 0.545. The Hall–Kier alpha value is -1.37. The molecule has 0 spiro atoms. The van der Waals surface area contributed by atoms with Gasteiger partial charge >= 0.3 is 0 Å². The lowest BCUT2D eigenvalue weighted by Crippen LogP contribution is -2.42. The molecule has 18 heavy (non-hydrogen) atoms. The Labute approximate surface area is 114 Å². The Kier molecular flexibility index (Phi) is 4.00. The molecule has 0 saturated carbocycles. The first-order valence-corrected chi connectivity index (χ1v) is 6.64. The number of rotatable bonds is 3. The molecule has 98 valence electrons. The van der Waals surface area contributed by atoms with Crippen LogP contribution >= 0.6 is 15.9 Å². The second-order valence-corrected chi connectivity index (χ2v) is 4.87. The molecule has 1 amide bonds. The normalized spacial score (nSPS) is 18.8. The van der Waals surface area contributed by atoms with E-state index in [1.54, 1.807) is 14.1 Å². The average Bonchev–Trinajstić information content (AvgIpc) is 2.87. The zero-order chi connectivity index (χ0) is 13.1. The zero-order valence-electron chi connectivity index (χ0n) is 10.4. The van der Waals surface area contributed by atoms with E-state index < -0.39 is 0 Å². The van der Waals surface area contributed by atoms with Gasteiger partial charge in [-0.15, -0.1) is 0 Å². The van der Waals surface area contributed by atoms with Crippen molar-refractivity contribution in [2.45, 2.75) is 18.9 Å². The van der Waals surface area contributed by atoms with Crippen molar-refractivity contribution in [2.75, 3.05) is 30.9 Å². The number of likely N-dealkylation sites (N-methyl/N-ethyl adjacent to an activating group) is 1. The van der Waals surface area contributed by atoms with Crippen molar-refractivity contribution in [3.05, 3.63) is 10.8 Å². The molecule has 1 saturated heterocycles. The standard InChI is InChI=1S/C11H16BrN5O/c1-13-9-8(12)10(16-6-15-9)17-5-3-4-7(17)11(18)14-2/h6-7H,3-5H2,1-2H3,(H,14,18)(H,13,15,16). The Morgan fingerprint density at radius 2 is 2.28 bits per heavy atom. The van der Waals surface area contributed by atoms with Crippen LogP contribution in [0.15, 0.2) is 10.8 Å². The molecule has 0 aliphatic carbocycles. The molecule has 1 aromatic rings. The lowest BCUT2D eigenvalue weighted by atomic mass is 10.2. The van der Waals surface area contributed by atoms with E-state index >= 15 is 0 Å². The predicted molar refractivity (Wildman–Crippen MR) is 73.7 cm³/mol. The summed E-state index contributed by atoms with van der Waals surface area (Å²) in [5, 5.41) is 5.69. The van der Waals surface area contributed by atoms with Crippen LogP contribution in [0.5, 0.6) is 0 Å². The van der Waals surface area contributed by atoms with Crippen LogP contribution in [0.25, 0.3) is 0 Å². The van der Waals surface area contributed by atoms with Gasteiger partial charge in [0.1, 0.15) is 28.5 Å². The maximum atomic E-state index is 11.8. The second-order valence-electron chi connectivity index (χ2n) is 4.08. The number of carbonyl (C=O) groups excluding carboxylic acids is 1. The molecule has 1 unspecified atom stereocenters. The third-order valence-electron chi connectivity index (χ3n) is 3.08. The molecule has 1 atom stereocenters. The number of nitrogens with zero attached hydrogens (tertiary/aromatic N) is 3. The molecule has 0 aromatic carbocycles. The number of halogens is 1. The van der Waals surface area contributed by atoms with E-state index in [2.05, 4.69) is 36.5 Å². The molecular formula is C11H16BrN5O. The summed E-state index contributed by atoms with van der Waals surface area (Å²) in [5.74, 6) is 1.52. The number of hydrogen-bond acceptors (Lipinski definition) is 5. The van der Waals surface area contributed by atoms with E-state index in [9.17, 15) is 4.79 Å². The van der Waals surface area contributed by atoms with Crippen molar-refractivity contribution in [3.8, 4) is 0 Å². The largest absolute Gasteiger partial charge is 0.372 e. The van der Waals surface area contributed by atoms with E-state index in [1.165, 1.54) is 6.33 Å². The molecule has 2 heterocycles. The predicted octanol–water partition coefficient (Wildman–Crippen LogP) is 0.996. The fourth-order valence-electron chi connectivity index (χ4n) is 2.19. The minimum absolute atomic E-state index is 0.0315. The van der Waals surface area contributed by atoms with Gasteiger partial charge in [0.05, 0.1) is 0 Å². The maximum absolute atomic E-state index is 11.8. The smallest absolute Gasteiger partial charge is 0.242 e. The number of amides is 1. The Balaban J connectivity index is 2.33. The van der Waals surface area contributed by atoms with Crippen LogP contribution in [0, 0.1) is 0 Å². The first-order chi connectivity index (χ1) is 8.69. The average molecular weight is 314 g/mol. The van der Waals surface area contributed by atoms with Gasteiger partial charge in [-0.25, -0.2) is 9.97 Å². The Morgan fingerprint density at radius 1 is 1.50 bits per heavy atom. The summed E-state index contributed by atoms with van der Waals surface area (Å²) in [6, 6.07) is -0.147. The first-order valence-electron chi connectivity index (χ1n) is 5.85. The molecule has 1 aromatic heterocycles. The summed E-state index contributed by atoms with van der Waals surface area (Å²) >= 11 is 3.49. The van der Waals surface area contributed by atoms with Crippen molar-refractivity contribution in [1.29, 1.82) is 0 Å². The lowest BCUT2D eigenvalue weighted by Gasteiger charge is -2.25. The van der Waals surface area contributed by atoms with Crippen molar-refractivity contribution in [2.24, 2.45) is 0 Å². The number of hydrogen-bond donors (Lipinski definition) is 2. The van der Waals surface area contributed by atoms with E-state index in [0.717, 1.165) is 35.5 Å². The zero-order valence-corrected chi connectivity index (χ0v) is 12.0. The minimum Gasteiger partial charge on any atom is -0.372 e. The van der Waals surface area contributed by atoms with Crippen molar-refractivity contribution < 1.29 is 4.79 Å². The van der Waals surface area contributed by atoms with Gasteiger partial charge in [-0.3, -0.25) is 4.79 Å². The minimum atomic E-state index is -0.147. The number of anilines is 2. The highest BCUT2D eigenvalue weighted by Gasteiger charge is 2.32. The van der Waals surface area contributed by atoms with Gasteiger partial charge in [-0.1, -0.05) is 0 Å². The van der Waals surface area contributed by atoms with Crippen molar-refractivity contribution in [3.63, 3.8) is 0 Å². The third kappa shape index (κ3) is 2.27. The molecule has 2 N–H and O–H groups in total. The molecule has 0 radical (unpaired) electrons. The molecule has 6 nitrogen and oxygen atoms in total. The summed E-state index contributed by atoms with van der Waals surface area (Å²) in [4.78, 5) is 22.3. The topological polar surface area (TPSA) is 70.2 Å². The fourth-order valence-corrected chi connectivity index (χ4v) is 2.83. The third-order valence-corrected chi connectivity index (χ3v) is 3.81. The van der Waals surface area contributed by atoms with E-state index in [4.69, 9.17) is 0 Å². The number of carbonyl (C=O) groups is 1. The number of nitrogens with one attached hydrogen (secondary N) is 2. The van der Waals surface area contributed by atoms with Crippen molar-refractivity contribution in [1.82, 2.24) is 15.3 Å². The molecule has 7 heteroatoms. The molecule has 1 fully saturated rings. The van der Waals surface area contributed by atoms with E-state index in [-0.39, 0.29) is 11.9 Å². The molecule has 0 bridgehead atoms. The summed E-state index contributed by atoms with van der Waals surface area (Å²) in [5.41, 5.74) is 0.